The first-order chi connectivity index (χ1) is 9.46. The molecular formula is C13H26N4O4. The molecule has 1 aliphatic heterocycles. The molecule has 0 unspecified atom stereocenters. The summed E-state index contributed by atoms with van der Waals surface area (Å²) < 4.78 is 5.28. The predicted octanol–water partition coefficient (Wildman–Crippen LogP) is 2.19. The van der Waals surface area contributed by atoms with Crippen molar-refractivity contribution in [2.75, 3.05) is 13.1 Å². The van der Waals surface area contributed by atoms with Crippen molar-refractivity contribution in [2.45, 2.75) is 65.2 Å². The largest absolute Gasteiger partial charge is 0.570 e. The van der Waals surface area contributed by atoms with Gasteiger partial charge >= 0.3 is 6.09 Å². The van der Waals surface area contributed by atoms with Gasteiger partial charge in [-0.05, 0) is 53.6 Å². The molecule has 8 heteroatoms. The van der Waals surface area contributed by atoms with Crippen LogP contribution in [-0.2, 0) is 9.57 Å². The molecule has 1 aliphatic rings. The number of rotatable bonds is 3. The Kier molecular flexibility index (Phi) is 5.38. The fraction of sp³-hybridized carbons (Fsp3) is 0.923. The molecule has 1 atom stereocenters. The summed E-state index contributed by atoms with van der Waals surface area (Å²) in [5, 5.41) is 15.2. The number of nitrogens with one attached hydrogen (secondary N) is 1. The third-order valence-electron chi connectivity index (χ3n) is 2.48. The zero-order valence-electron chi connectivity index (χ0n) is 13.7. The van der Waals surface area contributed by atoms with Gasteiger partial charge in [0.05, 0.1) is 11.5 Å². The van der Waals surface area contributed by atoms with E-state index in [1.54, 1.807) is 25.7 Å². The molecule has 21 heavy (non-hydrogen) atoms. The predicted molar refractivity (Wildman–Crippen MR) is 76.2 cm³/mol. The number of likely N-dealkylation sites (tertiary alicyclic amines) is 1. The average Bonchev–Trinajstić information content (AvgIpc) is 2.70. The van der Waals surface area contributed by atoms with Crippen LogP contribution in [0, 0.1) is 5.21 Å². The van der Waals surface area contributed by atoms with Crippen LogP contribution in [0.1, 0.15) is 48.0 Å². The molecule has 0 spiro atoms. The van der Waals surface area contributed by atoms with Crippen molar-refractivity contribution in [1.29, 1.82) is 0 Å². The number of hydrogen-bond acceptors (Lipinski definition) is 5. The number of carbonyl (C=O) groups excluding carboxylic acids is 1. The van der Waals surface area contributed by atoms with Crippen molar-refractivity contribution >= 4 is 6.09 Å². The minimum absolute atomic E-state index is 0.260. The fourth-order valence-electron chi connectivity index (χ4n) is 1.73. The van der Waals surface area contributed by atoms with E-state index in [0.717, 1.165) is 0 Å². The van der Waals surface area contributed by atoms with E-state index in [2.05, 4.69) is 10.7 Å². The first kappa shape index (κ1) is 17.5. The first-order valence-electron chi connectivity index (χ1n) is 7.05. The lowest BCUT2D eigenvalue weighted by molar-refractivity contribution is -0.652. The van der Waals surface area contributed by atoms with E-state index in [-0.39, 0.29) is 12.2 Å². The van der Waals surface area contributed by atoms with Crippen LogP contribution >= 0.6 is 0 Å². The molecule has 8 nitrogen and oxygen atoms in total. The molecule has 0 aromatic heterocycles. The molecule has 1 saturated heterocycles. The number of carbonyl (C=O) groups is 1. The lowest BCUT2D eigenvalue weighted by atomic mass is 10.1. The Hall–Kier alpha value is -1.57. The molecule has 1 N–H and O–H groups in total. The molecule has 0 aromatic carbocycles. The van der Waals surface area contributed by atoms with E-state index in [0.29, 0.717) is 24.5 Å². The molecule has 122 valence electrons. The minimum Gasteiger partial charge on any atom is -0.570 e. The Morgan fingerprint density at radius 1 is 1.33 bits per heavy atom. The van der Waals surface area contributed by atoms with Crippen LogP contribution in [0.5, 0.6) is 0 Å². The smallest absolute Gasteiger partial charge is 0.410 e. The Bertz CT molecular complexity index is 398. The fourth-order valence-corrected chi connectivity index (χ4v) is 1.73. The van der Waals surface area contributed by atoms with Crippen LogP contribution in [0.25, 0.3) is 0 Å². The second-order valence-corrected chi connectivity index (χ2v) is 7.09. The summed E-state index contributed by atoms with van der Waals surface area (Å²) in [7, 11) is 0. The van der Waals surface area contributed by atoms with E-state index in [9.17, 15) is 10.0 Å². The molecule has 1 heterocycles. The summed E-state index contributed by atoms with van der Waals surface area (Å²) in [5.41, 5.74) is 1.21. The van der Waals surface area contributed by atoms with Gasteiger partial charge in [0.2, 0.25) is 0 Å². The van der Waals surface area contributed by atoms with E-state index in [1.165, 1.54) is 0 Å². The van der Waals surface area contributed by atoms with Crippen LogP contribution in [-0.4, -0.2) is 46.3 Å². The normalized spacial score (nSPS) is 20.6. The van der Waals surface area contributed by atoms with E-state index in [1.807, 2.05) is 20.8 Å². The lowest BCUT2D eigenvalue weighted by Crippen LogP contribution is -2.37. The Morgan fingerprint density at radius 3 is 2.48 bits per heavy atom. The van der Waals surface area contributed by atoms with E-state index < -0.39 is 11.1 Å². The zero-order valence-corrected chi connectivity index (χ0v) is 13.7. The number of hydrogen-bond donors (Lipinski definition) is 1. The zero-order chi connectivity index (χ0) is 16.3. The van der Waals surface area contributed by atoms with Crippen LogP contribution in [0.15, 0.2) is 5.11 Å². The first-order valence-corrected chi connectivity index (χ1v) is 7.05. The van der Waals surface area contributed by atoms with Crippen molar-refractivity contribution in [3.63, 3.8) is 0 Å². The van der Waals surface area contributed by atoms with Crippen LogP contribution in [0.3, 0.4) is 0 Å². The topological polar surface area (TPSA) is 89.2 Å². The summed E-state index contributed by atoms with van der Waals surface area (Å²) in [5.74, 6) is 0. The molecule has 0 radical (unpaired) electrons. The van der Waals surface area contributed by atoms with Gasteiger partial charge in [0, 0.05) is 11.7 Å². The number of nitrogens with zero attached hydrogens (tertiary/aromatic N) is 3. The van der Waals surface area contributed by atoms with Crippen LogP contribution < -0.4 is 5.59 Å². The summed E-state index contributed by atoms with van der Waals surface area (Å²) in [4.78, 5) is 19.0. The van der Waals surface area contributed by atoms with Crippen LogP contribution in [0.4, 0.5) is 4.79 Å². The maximum absolute atomic E-state index is 11.9. The van der Waals surface area contributed by atoms with Gasteiger partial charge in [-0.15, -0.1) is 0 Å². The van der Waals surface area contributed by atoms with Crippen LogP contribution in [0.2, 0.25) is 0 Å². The van der Waals surface area contributed by atoms with Gasteiger partial charge in [0.25, 0.3) is 0 Å². The molecule has 0 bridgehead atoms. The van der Waals surface area contributed by atoms with E-state index >= 15 is 0 Å². The molecule has 0 aromatic rings. The van der Waals surface area contributed by atoms with Gasteiger partial charge < -0.3 is 14.8 Å². The number of ether oxygens (including phenoxy) is 1. The molecule has 1 amide bonds. The van der Waals surface area contributed by atoms with Gasteiger partial charge in [-0.2, -0.15) is 0 Å². The summed E-state index contributed by atoms with van der Waals surface area (Å²) in [6, 6.07) is 0. The molecular weight excluding hydrogens is 276 g/mol. The monoisotopic (exact) mass is 302 g/mol. The van der Waals surface area contributed by atoms with Gasteiger partial charge in [0.15, 0.2) is 0 Å². The van der Waals surface area contributed by atoms with Gasteiger partial charge in [-0.3, -0.25) is 0 Å². The highest BCUT2D eigenvalue weighted by Gasteiger charge is 2.31. The third kappa shape index (κ3) is 7.12. The second-order valence-electron chi connectivity index (χ2n) is 7.09. The standard InChI is InChI=1S/C13H26N4O4/c1-12(2,3)14-17(19)15-21-10-7-8-16(9-10)11(18)20-13(4,5)6/h10H,7-9H2,1-6H3,(H,14,15)/t10-/m1/s1. The summed E-state index contributed by atoms with van der Waals surface area (Å²) in [6.45, 7) is 11.8. The lowest BCUT2D eigenvalue weighted by Gasteiger charge is -2.24. The summed E-state index contributed by atoms with van der Waals surface area (Å²) in [6.07, 6.45) is 0.00591. The highest BCUT2D eigenvalue weighted by atomic mass is 16.8. The Balaban J connectivity index is 2.39. The van der Waals surface area contributed by atoms with Crippen molar-refractivity contribution < 1.29 is 19.3 Å². The van der Waals surface area contributed by atoms with Crippen molar-refractivity contribution in [2.24, 2.45) is 5.11 Å². The van der Waals surface area contributed by atoms with E-state index in [4.69, 9.17) is 9.57 Å². The maximum atomic E-state index is 11.9. The summed E-state index contributed by atoms with van der Waals surface area (Å²) >= 11 is 0. The van der Waals surface area contributed by atoms with Gasteiger partial charge in [0.1, 0.15) is 17.2 Å². The highest BCUT2D eigenvalue weighted by molar-refractivity contribution is 5.68. The van der Waals surface area contributed by atoms with Gasteiger partial charge in [-0.25, -0.2) is 9.63 Å². The van der Waals surface area contributed by atoms with Crippen molar-refractivity contribution in [3.8, 4) is 0 Å². The number of hydrazine groups is 1. The molecule has 0 aliphatic carbocycles. The quantitative estimate of drug-likeness (QED) is 0.490. The minimum atomic E-state index is -0.522. The molecule has 1 fully saturated rings. The maximum Gasteiger partial charge on any atom is 0.410 e. The second kappa shape index (κ2) is 6.46. The highest BCUT2D eigenvalue weighted by Crippen LogP contribution is 2.16. The number of amides is 1. The third-order valence-corrected chi connectivity index (χ3v) is 2.48. The van der Waals surface area contributed by atoms with Gasteiger partial charge in [-0.1, -0.05) is 0 Å². The Morgan fingerprint density at radius 2 is 1.95 bits per heavy atom. The van der Waals surface area contributed by atoms with Crippen molar-refractivity contribution in [1.82, 2.24) is 10.5 Å². The SMILES string of the molecule is CC(C)(C)N=[N+]([O-])NO[C@@H]1CCN(C(=O)OC(C)(C)C)C1. The molecule has 0 saturated carbocycles. The Labute approximate surface area is 125 Å². The van der Waals surface area contributed by atoms with Crippen molar-refractivity contribution in [3.05, 3.63) is 5.21 Å². The average molecular weight is 302 g/mol. The molecule has 1 rings (SSSR count).